The quantitative estimate of drug-likeness (QED) is 0.726. The number of nitrogens with zero attached hydrogens (tertiary/aromatic N) is 5. The molecule has 0 atom stereocenters. The van der Waals surface area contributed by atoms with Crippen molar-refractivity contribution in [2.75, 3.05) is 11.5 Å². The maximum absolute atomic E-state index is 9.34. The highest BCUT2D eigenvalue weighted by molar-refractivity contribution is 9.10. The van der Waals surface area contributed by atoms with Gasteiger partial charge in [0.05, 0.1) is 22.1 Å². The summed E-state index contributed by atoms with van der Waals surface area (Å²) in [6.45, 7) is 0. The van der Waals surface area contributed by atoms with Gasteiger partial charge in [-0.3, -0.25) is 0 Å². The number of nitrogen functional groups attached to an aromatic ring is 2. The molecule has 108 valence electrons. The third-order valence-electron chi connectivity index (χ3n) is 3.02. The number of hydrogen-bond donors (Lipinski definition) is 2. The fourth-order valence-corrected chi connectivity index (χ4v) is 2.39. The number of para-hydroxylation sites is 1. The van der Waals surface area contributed by atoms with Crippen molar-refractivity contribution in [3.8, 4) is 23.0 Å². The van der Waals surface area contributed by atoms with Crippen molar-refractivity contribution in [3.05, 3.63) is 46.7 Å². The summed E-state index contributed by atoms with van der Waals surface area (Å²) >= 11 is 3.36. The van der Waals surface area contributed by atoms with Crippen LogP contribution in [0.3, 0.4) is 0 Å². The molecule has 0 aliphatic carbocycles. The first-order valence-electron chi connectivity index (χ1n) is 6.23. The van der Waals surface area contributed by atoms with Gasteiger partial charge in [-0.2, -0.15) is 15.3 Å². The summed E-state index contributed by atoms with van der Waals surface area (Å²) in [6, 6.07) is 9.43. The molecule has 8 heteroatoms. The topological polar surface area (TPSA) is 119 Å². The Hall–Kier alpha value is -2.92. The first-order chi connectivity index (χ1) is 10.6. The number of benzene rings is 1. The van der Waals surface area contributed by atoms with Crippen LogP contribution in [0.5, 0.6) is 0 Å². The molecule has 0 saturated heterocycles. The average molecular weight is 356 g/mol. The Morgan fingerprint density at radius 3 is 2.64 bits per heavy atom. The normalized spacial score (nSPS) is 10.4. The number of aromatic nitrogens is 4. The number of hydrogen-bond acceptors (Lipinski definition) is 6. The second kappa shape index (κ2) is 5.46. The zero-order chi connectivity index (χ0) is 15.7. The summed E-state index contributed by atoms with van der Waals surface area (Å²) in [5.74, 6) is 0.0735. The standard InChI is InChI=1S/C14H10BrN7/c15-8-6-19-22(7-8)11-4-2-1-3-9(11)12-10(5-16)13(17)21-14(18)20-12/h1-4,6-7H,(H4,17,18,20,21). The summed E-state index contributed by atoms with van der Waals surface area (Å²) < 4.78 is 2.51. The van der Waals surface area contributed by atoms with Crippen molar-refractivity contribution >= 4 is 27.7 Å². The van der Waals surface area contributed by atoms with Crippen LogP contribution in [-0.4, -0.2) is 19.7 Å². The maximum atomic E-state index is 9.34. The van der Waals surface area contributed by atoms with Gasteiger partial charge in [0.15, 0.2) is 0 Å². The smallest absolute Gasteiger partial charge is 0.222 e. The molecule has 2 heterocycles. The molecular formula is C14H10BrN7. The highest BCUT2D eigenvalue weighted by Crippen LogP contribution is 2.30. The fraction of sp³-hybridized carbons (Fsp3) is 0. The van der Waals surface area contributed by atoms with Crippen LogP contribution in [0.2, 0.25) is 0 Å². The summed E-state index contributed by atoms with van der Waals surface area (Å²) in [5, 5.41) is 13.6. The van der Waals surface area contributed by atoms with Crippen LogP contribution in [0.15, 0.2) is 41.1 Å². The average Bonchev–Trinajstić information content (AvgIpc) is 2.93. The van der Waals surface area contributed by atoms with E-state index in [0.29, 0.717) is 11.3 Å². The van der Waals surface area contributed by atoms with E-state index in [1.807, 2.05) is 30.3 Å². The van der Waals surface area contributed by atoms with E-state index in [2.05, 4.69) is 31.0 Å². The van der Waals surface area contributed by atoms with Crippen molar-refractivity contribution in [3.63, 3.8) is 0 Å². The maximum Gasteiger partial charge on any atom is 0.222 e. The van der Waals surface area contributed by atoms with E-state index in [0.717, 1.165) is 10.2 Å². The lowest BCUT2D eigenvalue weighted by atomic mass is 10.0. The molecule has 0 unspecified atom stereocenters. The Bertz CT molecular complexity index is 894. The first-order valence-corrected chi connectivity index (χ1v) is 7.02. The second-order valence-electron chi connectivity index (χ2n) is 4.42. The molecule has 4 N–H and O–H groups in total. The Labute approximate surface area is 134 Å². The van der Waals surface area contributed by atoms with Crippen LogP contribution in [0, 0.1) is 11.3 Å². The second-order valence-corrected chi connectivity index (χ2v) is 5.34. The van der Waals surface area contributed by atoms with Crippen LogP contribution < -0.4 is 11.5 Å². The van der Waals surface area contributed by atoms with Crippen molar-refractivity contribution in [1.29, 1.82) is 5.26 Å². The molecule has 0 fully saturated rings. The van der Waals surface area contributed by atoms with Gasteiger partial charge in [-0.05, 0) is 22.0 Å². The Balaban J connectivity index is 2.29. The van der Waals surface area contributed by atoms with Gasteiger partial charge in [0.25, 0.3) is 0 Å². The third-order valence-corrected chi connectivity index (χ3v) is 3.43. The van der Waals surface area contributed by atoms with Gasteiger partial charge in [0, 0.05) is 11.8 Å². The molecule has 0 spiro atoms. The Morgan fingerprint density at radius 2 is 1.95 bits per heavy atom. The SMILES string of the molecule is N#Cc1c(N)nc(N)nc1-c1ccccc1-n1cc(Br)cn1. The van der Waals surface area contributed by atoms with Gasteiger partial charge in [-0.15, -0.1) is 0 Å². The lowest BCUT2D eigenvalue weighted by Gasteiger charge is -2.11. The van der Waals surface area contributed by atoms with Crippen LogP contribution in [-0.2, 0) is 0 Å². The van der Waals surface area contributed by atoms with Crippen LogP contribution >= 0.6 is 15.9 Å². The van der Waals surface area contributed by atoms with Gasteiger partial charge >= 0.3 is 0 Å². The lowest BCUT2D eigenvalue weighted by molar-refractivity contribution is 0.881. The van der Waals surface area contributed by atoms with Crippen LogP contribution in [0.25, 0.3) is 16.9 Å². The summed E-state index contributed by atoms with van der Waals surface area (Å²) in [7, 11) is 0. The molecule has 22 heavy (non-hydrogen) atoms. The van der Waals surface area contributed by atoms with Crippen LogP contribution in [0.1, 0.15) is 5.56 Å². The molecule has 7 nitrogen and oxygen atoms in total. The van der Waals surface area contributed by atoms with E-state index in [1.54, 1.807) is 17.1 Å². The Morgan fingerprint density at radius 1 is 1.18 bits per heavy atom. The number of nitriles is 1. The molecule has 3 rings (SSSR count). The van der Waals surface area contributed by atoms with Crippen molar-refractivity contribution < 1.29 is 0 Å². The highest BCUT2D eigenvalue weighted by Gasteiger charge is 2.17. The van der Waals surface area contributed by atoms with E-state index in [1.165, 1.54) is 0 Å². The van der Waals surface area contributed by atoms with Gasteiger partial charge < -0.3 is 11.5 Å². The van der Waals surface area contributed by atoms with Crippen molar-refractivity contribution in [2.45, 2.75) is 0 Å². The molecule has 0 bridgehead atoms. The Kier molecular flexibility index (Phi) is 3.48. The molecule has 0 aliphatic heterocycles. The predicted molar refractivity (Wildman–Crippen MR) is 85.8 cm³/mol. The van der Waals surface area contributed by atoms with E-state index >= 15 is 0 Å². The van der Waals surface area contributed by atoms with E-state index in [-0.39, 0.29) is 17.3 Å². The number of rotatable bonds is 2. The first kappa shape index (κ1) is 14.0. The molecule has 3 aromatic rings. The van der Waals surface area contributed by atoms with E-state index in [4.69, 9.17) is 11.5 Å². The zero-order valence-electron chi connectivity index (χ0n) is 11.2. The molecule has 0 amide bonds. The molecule has 0 aliphatic rings. The van der Waals surface area contributed by atoms with Gasteiger partial charge in [-0.1, -0.05) is 18.2 Å². The van der Waals surface area contributed by atoms with E-state index < -0.39 is 0 Å². The summed E-state index contributed by atoms with van der Waals surface area (Å²) in [5.41, 5.74) is 13.5. The van der Waals surface area contributed by atoms with Crippen molar-refractivity contribution in [2.24, 2.45) is 0 Å². The van der Waals surface area contributed by atoms with Crippen LogP contribution in [0.4, 0.5) is 11.8 Å². The minimum absolute atomic E-state index is 0.0166. The molecular weight excluding hydrogens is 346 g/mol. The number of halogens is 1. The van der Waals surface area contributed by atoms with Gasteiger partial charge in [0.2, 0.25) is 5.95 Å². The predicted octanol–water partition coefficient (Wildman–Crippen LogP) is 2.13. The number of nitrogens with two attached hydrogens (primary N) is 2. The largest absolute Gasteiger partial charge is 0.382 e. The molecule has 0 radical (unpaired) electrons. The summed E-state index contributed by atoms with van der Waals surface area (Å²) in [4.78, 5) is 8.01. The molecule has 0 saturated carbocycles. The van der Waals surface area contributed by atoms with E-state index in [9.17, 15) is 5.26 Å². The third kappa shape index (κ3) is 2.38. The zero-order valence-corrected chi connectivity index (χ0v) is 12.8. The molecule has 1 aromatic carbocycles. The number of anilines is 2. The van der Waals surface area contributed by atoms with Gasteiger partial charge in [0.1, 0.15) is 17.5 Å². The van der Waals surface area contributed by atoms with Crippen molar-refractivity contribution in [1.82, 2.24) is 19.7 Å². The fourth-order valence-electron chi connectivity index (χ4n) is 2.11. The lowest BCUT2D eigenvalue weighted by Crippen LogP contribution is -2.06. The highest BCUT2D eigenvalue weighted by atomic mass is 79.9. The minimum atomic E-state index is 0.0166. The minimum Gasteiger partial charge on any atom is -0.382 e. The summed E-state index contributed by atoms with van der Waals surface area (Å²) in [6.07, 6.45) is 3.48. The monoisotopic (exact) mass is 355 g/mol. The molecule has 2 aromatic heterocycles. The van der Waals surface area contributed by atoms with Gasteiger partial charge in [-0.25, -0.2) is 9.67 Å².